The van der Waals surface area contributed by atoms with Crippen molar-refractivity contribution in [1.82, 2.24) is 14.5 Å². The Morgan fingerprint density at radius 2 is 1.89 bits per heavy atom. The van der Waals surface area contributed by atoms with Gasteiger partial charge in [0, 0.05) is 39.1 Å². The lowest BCUT2D eigenvalue weighted by Gasteiger charge is -2.29. The summed E-state index contributed by atoms with van der Waals surface area (Å²) in [5.41, 5.74) is 2.15. The van der Waals surface area contributed by atoms with E-state index in [1.165, 1.54) is 0 Å². The van der Waals surface area contributed by atoms with Crippen LogP contribution in [0.5, 0.6) is 0 Å². The second-order valence-corrected chi connectivity index (χ2v) is 7.78. The molecule has 2 heterocycles. The molecule has 2 aromatic heterocycles. The molecule has 1 amide bonds. The monoisotopic (exact) mass is 373 g/mol. The van der Waals surface area contributed by atoms with Gasteiger partial charge in [-0.2, -0.15) is 0 Å². The predicted molar refractivity (Wildman–Crippen MR) is 107 cm³/mol. The highest BCUT2D eigenvalue weighted by Gasteiger charge is 2.25. The van der Waals surface area contributed by atoms with Crippen molar-refractivity contribution in [2.24, 2.45) is 14.1 Å². The summed E-state index contributed by atoms with van der Waals surface area (Å²) in [5.74, 6) is -0.154. The lowest BCUT2D eigenvalue weighted by Crippen LogP contribution is -2.39. The van der Waals surface area contributed by atoms with Gasteiger partial charge in [0.25, 0.3) is 11.5 Å². The van der Waals surface area contributed by atoms with E-state index in [4.69, 9.17) is 4.74 Å². The molecule has 0 aliphatic heterocycles. The number of ether oxygens (including phenoxy) is 1. The van der Waals surface area contributed by atoms with Gasteiger partial charge >= 0.3 is 0 Å². The first kappa shape index (κ1) is 19.7. The van der Waals surface area contributed by atoms with E-state index in [-0.39, 0.29) is 17.5 Å². The molecule has 6 nitrogen and oxygen atoms in total. The molecule has 148 valence electrons. The standard InChI is InChI=1S/C21H31N3O3/c1-5-6-11-27-16-9-7-15(8-10-16)22-20(25)17-13-23(3)19-14(2)12-24(4)21(26)18(17)19/h12-13,15-16H,5-11H2,1-4H3,(H,22,25)/t15-,16+. The van der Waals surface area contributed by atoms with E-state index >= 15 is 0 Å². The number of nitrogens with zero attached hydrogens (tertiary/aromatic N) is 2. The molecular weight excluding hydrogens is 342 g/mol. The predicted octanol–water partition coefficient (Wildman–Crippen LogP) is 3.04. The van der Waals surface area contributed by atoms with Crippen LogP contribution >= 0.6 is 0 Å². The number of aryl methyl sites for hydroxylation is 3. The van der Waals surface area contributed by atoms with Gasteiger partial charge in [-0.1, -0.05) is 13.3 Å². The van der Waals surface area contributed by atoms with Crippen molar-refractivity contribution in [1.29, 1.82) is 0 Å². The third-order valence-electron chi connectivity index (χ3n) is 5.58. The van der Waals surface area contributed by atoms with E-state index in [9.17, 15) is 9.59 Å². The quantitative estimate of drug-likeness (QED) is 0.792. The Balaban J connectivity index is 1.70. The average molecular weight is 373 g/mol. The van der Waals surface area contributed by atoms with Gasteiger partial charge in [-0.25, -0.2) is 0 Å². The molecule has 0 aromatic carbocycles. The van der Waals surface area contributed by atoms with Gasteiger partial charge in [-0.3, -0.25) is 9.59 Å². The molecule has 0 unspecified atom stereocenters. The van der Waals surface area contributed by atoms with E-state index in [2.05, 4.69) is 12.2 Å². The Bertz CT molecular complexity index is 873. The number of carbonyl (C=O) groups excluding carboxylic acids is 1. The summed E-state index contributed by atoms with van der Waals surface area (Å²) in [6, 6.07) is 0.146. The SMILES string of the molecule is CCCCO[C@H]1CC[C@@H](NC(=O)c2cn(C)c3c(C)cn(C)c(=O)c23)CC1. The van der Waals surface area contributed by atoms with E-state index in [1.54, 1.807) is 17.8 Å². The van der Waals surface area contributed by atoms with Crippen LogP contribution in [0.15, 0.2) is 17.2 Å². The maximum absolute atomic E-state index is 12.9. The van der Waals surface area contributed by atoms with E-state index in [0.29, 0.717) is 17.1 Å². The molecule has 2 aromatic rings. The molecule has 0 radical (unpaired) electrons. The fourth-order valence-corrected chi connectivity index (χ4v) is 4.11. The highest BCUT2D eigenvalue weighted by molar-refractivity contribution is 6.07. The second-order valence-electron chi connectivity index (χ2n) is 7.78. The molecule has 0 atom stereocenters. The van der Waals surface area contributed by atoms with Crippen LogP contribution in [0, 0.1) is 6.92 Å². The maximum Gasteiger partial charge on any atom is 0.260 e. The molecule has 0 saturated heterocycles. The Labute approximate surface area is 160 Å². The number of hydrogen-bond acceptors (Lipinski definition) is 3. The summed E-state index contributed by atoms with van der Waals surface area (Å²) in [6.45, 7) is 4.96. The molecule has 1 aliphatic carbocycles. The Morgan fingerprint density at radius 3 is 2.56 bits per heavy atom. The van der Waals surface area contributed by atoms with Crippen LogP contribution in [0.1, 0.15) is 61.4 Å². The number of unbranched alkanes of at least 4 members (excludes halogenated alkanes) is 1. The number of rotatable bonds is 6. The number of aromatic nitrogens is 2. The van der Waals surface area contributed by atoms with Crippen molar-refractivity contribution in [2.45, 2.75) is 64.5 Å². The zero-order valence-corrected chi connectivity index (χ0v) is 16.9. The average Bonchev–Trinajstić information content (AvgIpc) is 2.99. The van der Waals surface area contributed by atoms with Crippen LogP contribution in [0.4, 0.5) is 0 Å². The fraction of sp³-hybridized carbons (Fsp3) is 0.619. The molecule has 6 heteroatoms. The minimum absolute atomic E-state index is 0.130. The summed E-state index contributed by atoms with van der Waals surface area (Å²) < 4.78 is 9.33. The summed E-state index contributed by atoms with van der Waals surface area (Å²) >= 11 is 0. The minimum atomic E-state index is -0.154. The zero-order chi connectivity index (χ0) is 19.6. The molecule has 1 fully saturated rings. The smallest absolute Gasteiger partial charge is 0.260 e. The maximum atomic E-state index is 12.9. The summed E-state index contributed by atoms with van der Waals surface area (Å²) in [6.07, 6.45) is 9.95. The first-order valence-electron chi connectivity index (χ1n) is 10.00. The second kappa shape index (κ2) is 8.30. The van der Waals surface area contributed by atoms with Crippen molar-refractivity contribution in [2.75, 3.05) is 6.61 Å². The van der Waals surface area contributed by atoms with Crippen molar-refractivity contribution in [3.63, 3.8) is 0 Å². The molecule has 0 bridgehead atoms. The lowest BCUT2D eigenvalue weighted by molar-refractivity contribution is 0.0209. The Morgan fingerprint density at radius 1 is 1.19 bits per heavy atom. The first-order chi connectivity index (χ1) is 12.9. The highest BCUT2D eigenvalue weighted by atomic mass is 16.5. The molecule has 0 spiro atoms. The third-order valence-corrected chi connectivity index (χ3v) is 5.58. The molecule has 27 heavy (non-hydrogen) atoms. The number of hydrogen-bond donors (Lipinski definition) is 1. The summed E-state index contributed by atoms with van der Waals surface area (Å²) in [5, 5.41) is 3.65. The van der Waals surface area contributed by atoms with Crippen LogP contribution in [0.2, 0.25) is 0 Å². The summed E-state index contributed by atoms with van der Waals surface area (Å²) in [7, 11) is 3.60. The Hall–Kier alpha value is -2.08. The largest absolute Gasteiger partial charge is 0.378 e. The fourth-order valence-electron chi connectivity index (χ4n) is 4.11. The number of carbonyl (C=O) groups is 1. The van der Waals surface area contributed by atoms with Crippen LogP contribution < -0.4 is 10.9 Å². The van der Waals surface area contributed by atoms with Crippen LogP contribution in [0.25, 0.3) is 10.9 Å². The first-order valence-corrected chi connectivity index (χ1v) is 10.00. The normalized spacial score (nSPS) is 20.1. The number of amides is 1. The minimum Gasteiger partial charge on any atom is -0.378 e. The van der Waals surface area contributed by atoms with Crippen molar-refractivity contribution in [3.8, 4) is 0 Å². The number of fused-ring (bicyclic) bond motifs is 1. The van der Waals surface area contributed by atoms with Gasteiger partial charge in [0.15, 0.2) is 0 Å². The van der Waals surface area contributed by atoms with Crippen molar-refractivity contribution in [3.05, 3.63) is 33.9 Å². The van der Waals surface area contributed by atoms with Crippen molar-refractivity contribution < 1.29 is 9.53 Å². The number of nitrogens with one attached hydrogen (secondary N) is 1. The topological polar surface area (TPSA) is 65.3 Å². The van der Waals surface area contributed by atoms with E-state index in [0.717, 1.165) is 56.2 Å². The van der Waals surface area contributed by atoms with Gasteiger partial charge < -0.3 is 19.2 Å². The van der Waals surface area contributed by atoms with Gasteiger partial charge in [-0.15, -0.1) is 0 Å². The lowest BCUT2D eigenvalue weighted by atomic mass is 9.92. The van der Waals surface area contributed by atoms with E-state index < -0.39 is 0 Å². The Kier molecular flexibility index (Phi) is 6.05. The van der Waals surface area contributed by atoms with Crippen LogP contribution in [-0.4, -0.2) is 33.8 Å². The van der Waals surface area contributed by atoms with Gasteiger partial charge in [-0.05, 0) is 44.6 Å². The molecule has 1 aliphatic rings. The third kappa shape index (κ3) is 4.10. The van der Waals surface area contributed by atoms with Crippen molar-refractivity contribution >= 4 is 16.8 Å². The molecule has 3 rings (SSSR count). The molecular formula is C21H31N3O3. The van der Waals surface area contributed by atoms with Gasteiger partial charge in [0.2, 0.25) is 0 Å². The zero-order valence-electron chi connectivity index (χ0n) is 16.9. The van der Waals surface area contributed by atoms with E-state index in [1.807, 2.05) is 24.7 Å². The molecule has 1 saturated carbocycles. The van der Waals surface area contributed by atoms with Crippen LogP contribution in [-0.2, 0) is 18.8 Å². The highest BCUT2D eigenvalue weighted by Crippen LogP contribution is 2.24. The van der Waals surface area contributed by atoms with Gasteiger partial charge in [0.05, 0.1) is 22.6 Å². The van der Waals surface area contributed by atoms with Crippen LogP contribution in [0.3, 0.4) is 0 Å². The number of pyridine rings is 1. The van der Waals surface area contributed by atoms with Gasteiger partial charge in [0.1, 0.15) is 0 Å². The summed E-state index contributed by atoms with van der Waals surface area (Å²) in [4.78, 5) is 25.5. The molecule has 1 N–H and O–H groups in total.